The predicted octanol–water partition coefficient (Wildman–Crippen LogP) is 1.56. The number of nitrogen functional groups attached to an aromatic ring is 1. The Hall–Kier alpha value is -3.06. The summed E-state index contributed by atoms with van der Waals surface area (Å²) in [5.41, 5.74) is 7.60. The number of pyridine rings is 1. The van der Waals surface area contributed by atoms with Crippen molar-refractivity contribution in [1.82, 2.24) is 24.8 Å². The molecular formula is C19H20N6O. The molecule has 0 saturated carbocycles. The fourth-order valence-corrected chi connectivity index (χ4v) is 3.21. The quantitative estimate of drug-likeness (QED) is 0.773. The average Bonchev–Trinajstić information content (AvgIpc) is 2.69. The Balaban J connectivity index is 1.40. The third-order valence-electron chi connectivity index (χ3n) is 4.63. The number of piperazine rings is 1. The van der Waals surface area contributed by atoms with Crippen LogP contribution in [0.3, 0.4) is 0 Å². The number of anilines is 1. The molecule has 1 amide bonds. The molecule has 0 radical (unpaired) electrons. The van der Waals surface area contributed by atoms with Crippen molar-refractivity contribution in [3.05, 3.63) is 60.2 Å². The number of carbonyl (C=O) groups is 1. The molecule has 0 bridgehead atoms. The Bertz CT molecular complexity index is 922. The van der Waals surface area contributed by atoms with Crippen molar-refractivity contribution in [3.63, 3.8) is 0 Å². The maximum absolute atomic E-state index is 12.5. The van der Waals surface area contributed by atoms with Crippen LogP contribution in [0.4, 0.5) is 5.82 Å². The second-order valence-electron chi connectivity index (χ2n) is 6.35. The van der Waals surface area contributed by atoms with Gasteiger partial charge in [-0.1, -0.05) is 12.1 Å². The van der Waals surface area contributed by atoms with Gasteiger partial charge in [-0.25, -0.2) is 9.97 Å². The summed E-state index contributed by atoms with van der Waals surface area (Å²) in [7, 11) is 0. The van der Waals surface area contributed by atoms with Crippen molar-refractivity contribution < 1.29 is 4.79 Å². The monoisotopic (exact) mass is 348 g/mol. The molecule has 0 atom stereocenters. The van der Waals surface area contributed by atoms with Crippen molar-refractivity contribution in [2.75, 3.05) is 31.9 Å². The molecule has 1 aliphatic rings. The first-order valence-corrected chi connectivity index (χ1v) is 8.63. The number of hydrogen-bond donors (Lipinski definition) is 1. The summed E-state index contributed by atoms with van der Waals surface area (Å²) in [6.07, 6.45) is 3.29. The van der Waals surface area contributed by atoms with Crippen LogP contribution in [0.5, 0.6) is 0 Å². The number of benzene rings is 1. The molecule has 2 N–H and O–H groups in total. The van der Waals surface area contributed by atoms with Crippen molar-refractivity contribution in [3.8, 4) is 0 Å². The Labute approximate surface area is 151 Å². The van der Waals surface area contributed by atoms with Crippen LogP contribution in [0.2, 0.25) is 0 Å². The topological polar surface area (TPSA) is 88.2 Å². The molecule has 26 heavy (non-hydrogen) atoms. The van der Waals surface area contributed by atoms with Gasteiger partial charge in [0, 0.05) is 49.5 Å². The molecule has 132 valence electrons. The summed E-state index contributed by atoms with van der Waals surface area (Å²) in [5.74, 6) is 1.28. The van der Waals surface area contributed by atoms with Gasteiger partial charge in [-0.15, -0.1) is 0 Å². The Kier molecular flexibility index (Phi) is 4.45. The molecule has 4 rings (SSSR count). The highest BCUT2D eigenvalue weighted by molar-refractivity contribution is 5.94. The van der Waals surface area contributed by atoms with Crippen LogP contribution in [-0.2, 0) is 6.54 Å². The SMILES string of the molecule is Nc1nc(CN2CCN(C(=O)c3ccncc3)CC2)nc2ccccc12. The lowest BCUT2D eigenvalue weighted by molar-refractivity contribution is 0.0625. The number of rotatable bonds is 3. The van der Waals surface area contributed by atoms with Crippen LogP contribution in [0.1, 0.15) is 16.2 Å². The second kappa shape index (κ2) is 7.05. The lowest BCUT2D eigenvalue weighted by Crippen LogP contribution is -2.48. The standard InChI is InChI=1S/C19H20N6O/c20-18-15-3-1-2-4-16(15)22-17(23-18)13-24-9-11-25(12-10-24)19(26)14-5-7-21-8-6-14/h1-8H,9-13H2,(H2,20,22,23). The molecule has 1 aliphatic heterocycles. The van der Waals surface area contributed by atoms with Crippen LogP contribution in [0, 0.1) is 0 Å². The van der Waals surface area contributed by atoms with E-state index in [1.54, 1.807) is 24.5 Å². The largest absolute Gasteiger partial charge is 0.383 e. The van der Waals surface area contributed by atoms with E-state index in [9.17, 15) is 4.79 Å². The molecule has 0 unspecified atom stereocenters. The first-order valence-electron chi connectivity index (χ1n) is 8.63. The number of nitrogens with two attached hydrogens (primary N) is 1. The highest BCUT2D eigenvalue weighted by Gasteiger charge is 2.22. The van der Waals surface area contributed by atoms with Crippen LogP contribution in [-0.4, -0.2) is 56.8 Å². The Morgan fingerprint density at radius 2 is 1.73 bits per heavy atom. The molecule has 1 fully saturated rings. The first kappa shape index (κ1) is 16.4. The second-order valence-corrected chi connectivity index (χ2v) is 6.35. The molecule has 0 aliphatic carbocycles. The maximum Gasteiger partial charge on any atom is 0.254 e. The number of fused-ring (bicyclic) bond motifs is 1. The lowest BCUT2D eigenvalue weighted by atomic mass is 10.2. The van der Waals surface area contributed by atoms with Crippen LogP contribution in [0.15, 0.2) is 48.8 Å². The van der Waals surface area contributed by atoms with E-state index in [4.69, 9.17) is 5.73 Å². The molecular weight excluding hydrogens is 328 g/mol. The minimum Gasteiger partial charge on any atom is -0.383 e. The number of nitrogens with zero attached hydrogens (tertiary/aromatic N) is 5. The fraction of sp³-hybridized carbons (Fsp3) is 0.263. The molecule has 3 aromatic rings. The highest BCUT2D eigenvalue weighted by Crippen LogP contribution is 2.18. The highest BCUT2D eigenvalue weighted by atomic mass is 16.2. The molecule has 0 spiro atoms. The van der Waals surface area contributed by atoms with E-state index < -0.39 is 0 Å². The van der Waals surface area contributed by atoms with Gasteiger partial charge in [0.15, 0.2) is 0 Å². The van der Waals surface area contributed by atoms with Gasteiger partial charge in [0.05, 0.1) is 12.1 Å². The van der Waals surface area contributed by atoms with Crippen LogP contribution in [0.25, 0.3) is 10.9 Å². The van der Waals surface area contributed by atoms with Crippen molar-refractivity contribution in [1.29, 1.82) is 0 Å². The smallest absolute Gasteiger partial charge is 0.254 e. The summed E-state index contributed by atoms with van der Waals surface area (Å²) >= 11 is 0. The van der Waals surface area contributed by atoms with E-state index in [2.05, 4.69) is 19.9 Å². The normalized spacial score (nSPS) is 15.3. The third-order valence-corrected chi connectivity index (χ3v) is 4.63. The van der Waals surface area contributed by atoms with Crippen LogP contribution < -0.4 is 5.73 Å². The summed E-state index contributed by atoms with van der Waals surface area (Å²) in [4.78, 5) is 29.6. The fourth-order valence-electron chi connectivity index (χ4n) is 3.21. The van der Waals surface area contributed by atoms with E-state index >= 15 is 0 Å². The number of amides is 1. The molecule has 1 aromatic carbocycles. The van der Waals surface area contributed by atoms with E-state index in [1.165, 1.54) is 0 Å². The molecule has 1 saturated heterocycles. The van der Waals surface area contributed by atoms with Crippen molar-refractivity contribution in [2.24, 2.45) is 0 Å². The maximum atomic E-state index is 12.5. The van der Waals surface area contributed by atoms with E-state index in [-0.39, 0.29) is 5.91 Å². The first-order chi connectivity index (χ1) is 12.7. The summed E-state index contributed by atoms with van der Waals surface area (Å²) in [6, 6.07) is 11.3. The van der Waals surface area contributed by atoms with Gasteiger partial charge < -0.3 is 10.6 Å². The average molecular weight is 348 g/mol. The number of hydrogen-bond acceptors (Lipinski definition) is 6. The number of aromatic nitrogens is 3. The summed E-state index contributed by atoms with van der Waals surface area (Å²) in [6.45, 7) is 3.57. The van der Waals surface area contributed by atoms with Crippen LogP contribution >= 0.6 is 0 Å². The van der Waals surface area contributed by atoms with Crippen molar-refractivity contribution in [2.45, 2.75) is 6.54 Å². The van der Waals surface area contributed by atoms with Gasteiger partial charge in [0.2, 0.25) is 0 Å². The Morgan fingerprint density at radius 1 is 1.00 bits per heavy atom. The number of carbonyl (C=O) groups excluding carboxylic acids is 1. The predicted molar refractivity (Wildman–Crippen MR) is 99.4 cm³/mol. The number of para-hydroxylation sites is 1. The summed E-state index contributed by atoms with van der Waals surface area (Å²) < 4.78 is 0. The molecule has 3 heterocycles. The molecule has 7 heteroatoms. The van der Waals surface area contributed by atoms with Gasteiger partial charge in [-0.05, 0) is 24.3 Å². The minimum atomic E-state index is 0.0539. The summed E-state index contributed by atoms with van der Waals surface area (Å²) in [5, 5.41) is 0.879. The minimum absolute atomic E-state index is 0.0539. The van der Waals surface area contributed by atoms with Gasteiger partial charge in [0.1, 0.15) is 11.6 Å². The zero-order valence-electron chi connectivity index (χ0n) is 14.4. The third kappa shape index (κ3) is 3.34. The Morgan fingerprint density at radius 3 is 2.50 bits per heavy atom. The van der Waals surface area contributed by atoms with E-state index in [0.29, 0.717) is 31.0 Å². The van der Waals surface area contributed by atoms with Gasteiger partial charge in [0.25, 0.3) is 5.91 Å². The van der Waals surface area contributed by atoms with Gasteiger partial charge >= 0.3 is 0 Å². The van der Waals surface area contributed by atoms with E-state index in [1.807, 2.05) is 29.2 Å². The van der Waals surface area contributed by atoms with E-state index in [0.717, 1.165) is 29.8 Å². The molecule has 2 aromatic heterocycles. The van der Waals surface area contributed by atoms with Gasteiger partial charge in [-0.2, -0.15) is 0 Å². The van der Waals surface area contributed by atoms with Crippen molar-refractivity contribution >= 4 is 22.6 Å². The zero-order chi connectivity index (χ0) is 17.9. The zero-order valence-corrected chi connectivity index (χ0v) is 14.4. The lowest BCUT2D eigenvalue weighted by Gasteiger charge is -2.34. The molecule has 7 nitrogen and oxygen atoms in total. The van der Waals surface area contributed by atoms with Gasteiger partial charge in [-0.3, -0.25) is 14.7 Å².